The summed E-state index contributed by atoms with van der Waals surface area (Å²) < 4.78 is 0. The molecule has 0 unspecified atom stereocenters. The quantitative estimate of drug-likeness (QED) is 0.670. The number of halogens is 1. The van der Waals surface area contributed by atoms with Crippen LogP contribution in [0.4, 0.5) is 0 Å². The average molecular weight is 225 g/mol. The van der Waals surface area contributed by atoms with Gasteiger partial charge < -0.3 is 0 Å². The van der Waals surface area contributed by atoms with Crippen molar-refractivity contribution in [3.8, 4) is 0 Å². The van der Waals surface area contributed by atoms with E-state index in [0.29, 0.717) is 0 Å². The summed E-state index contributed by atoms with van der Waals surface area (Å²) in [6, 6.07) is 9.01. The molecule has 12 heavy (non-hydrogen) atoms. The lowest BCUT2D eigenvalue weighted by atomic mass is 9.80. The summed E-state index contributed by atoms with van der Waals surface area (Å²) in [5.41, 5.74) is 2.91. The predicted octanol–water partition coefficient (Wildman–Crippen LogP) is 3.85. The van der Waals surface area contributed by atoms with Crippen molar-refractivity contribution >= 4 is 15.9 Å². The summed E-state index contributed by atoms with van der Waals surface area (Å²) in [4.78, 5) is 0. The summed E-state index contributed by atoms with van der Waals surface area (Å²) in [6.45, 7) is 0. The molecule has 1 saturated carbocycles. The second-order valence-corrected chi connectivity index (χ2v) is 4.06. The third-order valence-corrected chi connectivity index (χ3v) is 3.36. The van der Waals surface area contributed by atoms with E-state index < -0.39 is 0 Å². The molecular formula is C11H13Br. The second kappa shape index (κ2) is 3.61. The number of alkyl halides is 1. The first kappa shape index (κ1) is 8.31. The summed E-state index contributed by atoms with van der Waals surface area (Å²) >= 11 is 3.45. The first-order valence-corrected chi connectivity index (χ1v) is 5.67. The summed E-state index contributed by atoms with van der Waals surface area (Å²) in [5, 5.41) is 0.970. The molecular weight excluding hydrogens is 212 g/mol. The maximum absolute atomic E-state index is 3.45. The van der Waals surface area contributed by atoms with Gasteiger partial charge in [-0.1, -0.05) is 46.6 Å². The van der Waals surface area contributed by atoms with Crippen LogP contribution in [0.15, 0.2) is 24.3 Å². The first-order chi connectivity index (χ1) is 5.90. The maximum atomic E-state index is 3.45. The highest BCUT2D eigenvalue weighted by Gasteiger charge is 2.18. The lowest BCUT2D eigenvalue weighted by Crippen LogP contribution is -2.08. The minimum Gasteiger partial charge on any atom is -0.0876 e. The van der Waals surface area contributed by atoms with Crippen LogP contribution in [0.2, 0.25) is 0 Å². The van der Waals surface area contributed by atoms with E-state index in [-0.39, 0.29) is 0 Å². The van der Waals surface area contributed by atoms with E-state index in [9.17, 15) is 0 Å². The smallest absolute Gasteiger partial charge is 0.0283 e. The van der Waals surface area contributed by atoms with Crippen molar-refractivity contribution in [1.82, 2.24) is 0 Å². The van der Waals surface area contributed by atoms with E-state index in [2.05, 4.69) is 40.2 Å². The predicted molar refractivity (Wildman–Crippen MR) is 55.7 cm³/mol. The van der Waals surface area contributed by atoms with E-state index >= 15 is 0 Å². The van der Waals surface area contributed by atoms with Crippen molar-refractivity contribution < 1.29 is 0 Å². The molecule has 64 valence electrons. The summed E-state index contributed by atoms with van der Waals surface area (Å²) in [7, 11) is 0. The van der Waals surface area contributed by atoms with Crippen LogP contribution in [0.3, 0.4) is 0 Å². The molecule has 0 nitrogen and oxygen atoms in total. The fourth-order valence-electron chi connectivity index (χ4n) is 1.62. The molecule has 1 aliphatic carbocycles. The van der Waals surface area contributed by atoms with Crippen LogP contribution in [0.5, 0.6) is 0 Å². The van der Waals surface area contributed by atoms with Crippen LogP contribution in [0, 0.1) is 0 Å². The van der Waals surface area contributed by atoms with Gasteiger partial charge in [-0.05, 0) is 29.9 Å². The van der Waals surface area contributed by atoms with Gasteiger partial charge in [-0.2, -0.15) is 0 Å². The van der Waals surface area contributed by atoms with Gasteiger partial charge in [0.05, 0.1) is 0 Å². The zero-order valence-electron chi connectivity index (χ0n) is 7.09. The minimum absolute atomic E-state index is 0.870. The Morgan fingerprint density at radius 2 is 1.83 bits per heavy atom. The Morgan fingerprint density at radius 1 is 1.17 bits per heavy atom. The largest absolute Gasteiger partial charge is 0.0876 e. The van der Waals surface area contributed by atoms with Crippen molar-refractivity contribution in [2.24, 2.45) is 0 Å². The highest BCUT2D eigenvalue weighted by molar-refractivity contribution is 9.08. The molecule has 2 rings (SSSR count). The molecule has 0 radical (unpaired) electrons. The summed E-state index contributed by atoms with van der Waals surface area (Å²) in [5.74, 6) is 0.870. The number of hydrogen-bond donors (Lipinski definition) is 0. The highest BCUT2D eigenvalue weighted by Crippen LogP contribution is 2.36. The van der Waals surface area contributed by atoms with E-state index in [0.717, 1.165) is 11.2 Å². The third-order valence-electron chi connectivity index (χ3n) is 2.71. The monoisotopic (exact) mass is 224 g/mol. The van der Waals surface area contributed by atoms with Crippen LogP contribution in [-0.2, 0) is 5.33 Å². The zero-order chi connectivity index (χ0) is 8.39. The fraction of sp³-hybridized carbons (Fsp3) is 0.455. The molecule has 0 atom stereocenters. The second-order valence-electron chi connectivity index (χ2n) is 3.50. The molecule has 1 aromatic carbocycles. The van der Waals surface area contributed by atoms with E-state index in [1.165, 1.54) is 30.4 Å². The van der Waals surface area contributed by atoms with Gasteiger partial charge in [0.1, 0.15) is 0 Å². The van der Waals surface area contributed by atoms with Gasteiger partial charge in [0.2, 0.25) is 0 Å². The molecule has 0 bridgehead atoms. The van der Waals surface area contributed by atoms with Gasteiger partial charge in [0.15, 0.2) is 0 Å². The molecule has 0 aliphatic heterocycles. The molecule has 0 aromatic heterocycles. The lowest BCUT2D eigenvalue weighted by Gasteiger charge is -2.25. The van der Waals surface area contributed by atoms with Crippen molar-refractivity contribution in [1.29, 1.82) is 0 Å². The molecule has 1 heteroatoms. The van der Waals surface area contributed by atoms with Gasteiger partial charge in [-0.15, -0.1) is 0 Å². The van der Waals surface area contributed by atoms with Crippen molar-refractivity contribution in [3.05, 3.63) is 35.4 Å². The highest BCUT2D eigenvalue weighted by atomic mass is 79.9. The number of hydrogen-bond acceptors (Lipinski definition) is 0. The SMILES string of the molecule is BrCc1ccc(C2CCC2)cc1. The van der Waals surface area contributed by atoms with Crippen molar-refractivity contribution in [2.45, 2.75) is 30.5 Å². The van der Waals surface area contributed by atoms with E-state index in [4.69, 9.17) is 0 Å². The van der Waals surface area contributed by atoms with Crippen molar-refractivity contribution in [3.63, 3.8) is 0 Å². The zero-order valence-corrected chi connectivity index (χ0v) is 8.68. The van der Waals surface area contributed by atoms with Crippen LogP contribution in [0.1, 0.15) is 36.3 Å². The van der Waals surface area contributed by atoms with Gasteiger partial charge in [0.25, 0.3) is 0 Å². The third kappa shape index (κ3) is 1.56. The molecule has 0 heterocycles. The van der Waals surface area contributed by atoms with Crippen LogP contribution in [-0.4, -0.2) is 0 Å². The normalized spacial score (nSPS) is 17.4. The van der Waals surface area contributed by atoms with Crippen LogP contribution >= 0.6 is 15.9 Å². The van der Waals surface area contributed by atoms with Crippen molar-refractivity contribution in [2.75, 3.05) is 0 Å². The van der Waals surface area contributed by atoms with Gasteiger partial charge in [-0.25, -0.2) is 0 Å². The molecule has 0 saturated heterocycles. The molecule has 0 amide bonds. The Balaban J connectivity index is 2.13. The lowest BCUT2D eigenvalue weighted by molar-refractivity contribution is 0.420. The maximum Gasteiger partial charge on any atom is 0.0283 e. The van der Waals surface area contributed by atoms with Crippen LogP contribution in [0.25, 0.3) is 0 Å². The van der Waals surface area contributed by atoms with Crippen LogP contribution < -0.4 is 0 Å². The van der Waals surface area contributed by atoms with Gasteiger partial charge >= 0.3 is 0 Å². The Morgan fingerprint density at radius 3 is 2.25 bits per heavy atom. The van der Waals surface area contributed by atoms with E-state index in [1.807, 2.05) is 0 Å². The number of rotatable bonds is 2. The first-order valence-electron chi connectivity index (χ1n) is 4.55. The molecule has 1 aromatic rings. The Labute approximate surface area is 82.1 Å². The Hall–Kier alpha value is -0.300. The average Bonchev–Trinajstić information content (AvgIpc) is 2.03. The Kier molecular flexibility index (Phi) is 2.50. The molecule has 1 fully saturated rings. The minimum atomic E-state index is 0.870. The fourth-order valence-corrected chi connectivity index (χ4v) is 1.99. The van der Waals surface area contributed by atoms with Gasteiger partial charge in [0, 0.05) is 5.33 Å². The topological polar surface area (TPSA) is 0 Å². The van der Waals surface area contributed by atoms with Gasteiger partial charge in [-0.3, -0.25) is 0 Å². The molecule has 1 aliphatic rings. The number of benzene rings is 1. The summed E-state index contributed by atoms with van der Waals surface area (Å²) in [6.07, 6.45) is 4.21. The van der Waals surface area contributed by atoms with E-state index in [1.54, 1.807) is 0 Å². The standard InChI is InChI=1S/C11H13Br/c12-8-9-4-6-11(7-5-9)10-2-1-3-10/h4-7,10H,1-3,8H2. The Bertz CT molecular complexity index is 246. The molecule has 0 spiro atoms. The molecule has 0 N–H and O–H groups in total.